The van der Waals surface area contributed by atoms with Crippen molar-refractivity contribution in [1.29, 1.82) is 0 Å². The SMILES string of the molecule is CCN(CC)c1ccc(NC(=O)c2cnc(N3CCOCC3)nc2)cc1. The highest BCUT2D eigenvalue weighted by atomic mass is 16.5. The lowest BCUT2D eigenvalue weighted by Gasteiger charge is -2.26. The van der Waals surface area contributed by atoms with E-state index in [4.69, 9.17) is 4.74 Å². The van der Waals surface area contributed by atoms with Crippen molar-refractivity contribution >= 4 is 23.2 Å². The van der Waals surface area contributed by atoms with Crippen molar-refractivity contribution in [2.24, 2.45) is 0 Å². The summed E-state index contributed by atoms with van der Waals surface area (Å²) in [5.74, 6) is 0.419. The average Bonchev–Trinajstić information content (AvgIpc) is 2.71. The Morgan fingerprint density at radius 3 is 2.31 bits per heavy atom. The normalized spacial score (nSPS) is 14.2. The van der Waals surface area contributed by atoms with E-state index in [1.807, 2.05) is 24.3 Å². The molecule has 1 aliphatic heterocycles. The van der Waals surface area contributed by atoms with Crippen molar-refractivity contribution in [1.82, 2.24) is 9.97 Å². The number of hydrogen-bond acceptors (Lipinski definition) is 6. The number of nitrogens with zero attached hydrogens (tertiary/aromatic N) is 4. The summed E-state index contributed by atoms with van der Waals surface area (Å²) in [6.45, 7) is 9.04. The second-order valence-corrected chi connectivity index (χ2v) is 6.04. The van der Waals surface area contributed by atoms with Crippen molar-refractivity contribution in [2.75, 3.05) is 54.5 Å². The molecule has 0 aliphatic carbocycles. The Labute approximate surface area is 154 Å². The molecule has 1 saturated heterocycles. The largest absolute Gasteiger partial charge is 0.378 e. The van der Waals surface area contributed by atoms with Crippen LogP contribution in [0.15, 0.2) is 36.7 Å². The summed E-state index contributed by atoms with van der Waals surface area (Å²) in [5, 5.41) is 2.89. The van der Waals surface area contributed by atoms with Gasteiger partial charge >= 0.3 is 0 Å². The van der Waals surface area contributed by atoms with E-state index >= 15 is 0 Å². The molecule has 0 saturated carbocycles. The van der Waals surface area contributed by atoms with Gasteiger partial charge in [0.1, 0.15) is 0 Å². The van der Waals surface area contributed by atoms with E-state index in [-0.39, 0.29) is 5.91 Å². The molecule has 1 aliphatic rings. The molecule has 0 spiro atoms. The maximum absolute atomic E-state index is 12.4. The summed E-state index contributed by atoms with van der Waals surface area (Å²) < 4.78 is 5.32. The van der Waals surface area contributed by atoms with Crippen LogP contribution in [0.2, 0.25) is 0 Å². The third-order valence-corrected chi connectivity index (χ3v) is 4.45. The van der Waals surface area contributed by atoms with Crippen molar-refractivity contribution in [3.63, 3.8) is 0 Å². The van der Waals surface area contributed by atoms with Crippen molar-refractivity contribution in [3.05, 3.63) is 42.2 Å². The average molecular weight is 355 g/mol. The van der Waals surface area contributed by atoms with E-state index in [1.165, 1.54) is 0 Å². The minimum Gasteiger partial charge on any atom is -0.378 e. The van der Waals surface area contributed by atoms with Gasteiger partial charge in [0.2, 0.25) is 5.95 Å². The van der Waals surface area contributed by atoms with Crippen LogP contribution in [0.1, 0.15) is 24.2 Å². The number of rotatable bonds is 6. The number of ether oxygens (including phenoxy) is 1. The van der Waals surface area contributed by atoms with E-state index in [0.29, 0.717) is 24.7 Å². The van der Waals surface area contributed by atoms with Gasteiger partial charge in [-0.25, -0.2) is 9.97 Å². The van der Waals surface area contributed by atoms with E-state index in [9.17, 15) is 4.79 Å². The molecule has 3 rings (SSSR count). The van der Waals surface area contributed by atoms with E-state index in [1.54, 1.807) is 12.4 Å². The fourth-order valence-electron chi connectivity index (χ4n) is 2.91. The highest BCUT2D eigenvalue weighted by Crippen LogP contribution is 2.18. The van der Waals surface area contributed by atoms with Gasteiger partial charge in [-0.3, -0.25) is 4.79 Å². The summed E-state index contributed by atoms with van der Waals surface area (Å²) >= 11 is 0. The highest BCUT2D eigenvalue weighted by Gasteiger charge is 2.15. The second kappa shape index (κ2) is 8.62. The number of amides is 1. The summed E-state index contributed by atoms with van der Waals surface area (Å²) in [4.78, 5) is 25.3. The minimum absolute atomic E-state index is 0.214. The van der Waals surface area contributed by atoms with Crippen molar-refractivity contribution < 1.29 is 9.53 Å². The Balaban J connectivity index is 1.62. The molecule has 0 atom stereocenters. The maximum Gasteiger partial charge on any atom is 0.258 e. The molecule has 7 nitrogen and oxygen atoms in total. The van der Waals surface area contributed by atoms with Crippen LogP contribution in [0, 0.1) is 0 Å². The summed E-state index contributed by atoms with van der Waals surface area (Å²) in [6, 6.07) is 7.85. The summed E-state index contributed by atoms with van der Waals surface area (Å²) in [6.07, 6.45) is 3.13. The molecular weight excluding hydrogens is 330 g/mol. The zero-order valence-corrected chi connectivity index (χ0v) is 15.3. The molecule has 26 heavy (non-hydrogen) atoms. The standard InChI is InChI=1S/C19H25N5O2/c1-3-23(4-2)17-7-5-16(6-8-17)22-18(25)15-13-20-19(21-14-15)24-9-11-26-12-10-24/h5-8,13-14H,3-4,9-12H2,1-2H3,(H,22,25). The van der Waals surface area contributed by atoms with Crippen molar-refractivity contribution in [2.45, 2.75) is 13.8 Å². The Morgan fingerprint density at radius 2 is 1.73 bits per heavy atom. The Kier molecular flexibility index (Phi) is 6.01. The predicted molar refractivity (Wildman–Crippen MR) is 103 cm³/mol. The first-order valence-electron chi connectivity index (χ1n) is 9.02. The van der Waals surface area contributed by atoms with Crippen LogP contribution in [-0.4, -0.2) is 55.3 Å². The molecule has 1 fully saturated rings. The van der Waals surface area contributed by atoms with E-state index in [2.05, 4.69) is 38.9 Å². The number of carbonyl (C=O) groups is 1. The molecule has 0 unspecified atom stereocenters. The van der Waals surface area contributed by atoms with Crippen molar-refractivity contribution in [3.8, 4) is 0 Å². The predicted octanol–water partition coefficient (Wildman–Crippen LogP) is 2.41. The van der Waals surface area contributed by atoms with Gasteiger partial charge in [0.25, 0.3) is 5.91 Å². The van der Waals surface area contributed by atoms with Crippen LogP contribution in [0.3, 0.4) is 0 Å². The van der Waals surface area contributed by atoms with Crippen LogP contribution in [0.25, 0.3) is 0 Å². The van der Waals surface area contributed by atoms with Crippen LogP contribution in [0.4, 0.5) is 17.3 Å². The number of carbonyl (C=O) groups excluding carboxylic acids is 1. The number of morpholine rings is 1. The smallest absolute Gasteiger partial charge is 0.258 e. The summed E-state index contributed by atoms with van der Waals surface area (Å²) in [7, 11) is 0. The first-order valence-corrected chi connectivity index (χ1v) is 9.02. The quantitative estimate of drug-likeness (QED) is 0.858. The van der Waals surface area contributed by atoms with E-state index < -0.39 is 0 Å². The van der Waals surface area contributed by atoms with Crippen LogP contribution >= 0.6 is 0 Å². The molecule has 2 aromatic rings. The number of anilines is 3. The molecule has 1 amide bonds. The molecule has 0 radical (unpaired) electrons. The Hall–Kier alpha value is -2.67. The van der Waals surface area contributed by atoms with Crippen LogP contribution in [0.5, 0.6) is 0 Å². The monoisotopic (exact) mass is 355 g/mol. The molecule has 1 aromatic heterocycles. The third-order valence-electron chi connectivity index (χ3n) is 4.45. The minimum atomic E-state index is -0.214. The van der Waals surface area contributed by atoms with Gasteiger partial charge in [0, 0.05) is 49.9 Å². The lowest BCUT2D eigenvalue weighted by atomic mass is 10.2. The molecule has 7 heteroatoms. The van der Waals surface area contributed by atoms with Gasteiger partial charge in [0.05, 0.1) is 18.8 Å². The van der Waals surface area contributed by atoms with Gasteiger partial charge in [-0.15, -0.1) is 0 Å². The second-order valence-electron chi connectivity index (χ2n) is 6.04. The molecule has 138 valence electrons. The molecule has 0 bridgehead atoms. The highest BCUT2D eigenvalue weighted by molar-refractivity contribution is 6.03. The topological polar surface area (TPSA) is 70.6 Å². The van der Waals surface area contributed by atoms with E-state index in [0.717, 1.165) is 37.6 Å². The van der Waals surface area contributed by atoms with Crippen LogP contribution < -0.4 is 15.1 Å². The first kappa shape index (κ1) is 18.1. The number of benzene rings is 1. The zero-order chi connectivity index (χ0) is 18.4. The zero-order valence-electron chi connectivity index (χ0n) is 15.3. The Bertz CT molecular complexity index is 708. The number of nitrogens with one attached hydrogen (secondary N) is 1. The lowest BCUT2D eigenvalue weighted by Crippen LogP contribution is -2.37. The third kappa shape index (κ3) is 4.29. The van der Waals surface area contributed by atoms with Gasteiger partial charge in [-0.2, -0.15) is 0 Å². The first-order chi connectivity index (χ1) is 12.7. The number of aromatic nitrogens is 2. The maximum atomic E-state index is 12.4. The summed E-state index contributed by atoms with van der Waals surface area (Å²) in [5.41, 5.74) is 2.34. The molecule has 1 aromatic carbocycles. The molecule has 1 N–H and O–H groups in total. The number of hydrogen-bond donors (Lipinski definition) is 1. The van der Waals surface area contributed by atoms with Gasteiger partial charge < -0.3 is 19.9 Å². The van der Waals surface area contributed by atoms with Gasteiger partial charge in [-0.1, -0.05) is 0 Å². The lowest BCUT2D eigenvalue weighted by molar-refractivity contribution is 0.102. The van der Waals surface area contributed by atoms with Crippen LogP contribution in [-0.2, 0) is 4.74 Å². The van der Waals surface area contributed by atoms with Gasteiger partial charge in [0.15, 0.2) is 0 Å². The molecule has 2 heterocycles. The van der Waals surface area contributed by atoms with Gasteiger partial charge in [-0.05, 0) is 38.1 Å². The fourth-order valence-corrected chi connectivity index (χ4v) is 2.91. The fraction of sp³-hybridized carbons (Fsp3) is 0.421. The molecular formula is C19H25N5O2. The Morgan fingerprint density at radius 1 is 1.12 bits per heavy atom.